The second kappa shape index (κ2) is 11.0. The van der Waals surface area contributed by atoms with Crippen LogP contribution in [0.3, 0.4) is 0 Å². The number of carboxylic acids is 1. The number of carboxylic acid groups (broad SMARTS) is 1. The number of allylic oxidation sites excluding steroid dienone is 5. The van der Waals surface area contributed by atoms with Crippen LogP contribution in [0.5, 0.6) is 0 Å². The van der Waals surface area contributed by atoms with E-state index >= 15 is 0 Å². The maximum absolute atomic E-state index is 11.1. The predicted molar refractivity (Wildman–Crippen MR) is 112 cm³/mol. The molecule has 1 saturated carbocycles. The van der Waals surface area contributed by atoms with Gasteiger partial charge in [0.25, 0.3) is 0 Å². The summed E-state index contributed by atoms with van der Waals surface area (Å²) in [7, 11) is 0. The third kappa shape index (κ3) is 6.50. The zero-order valence-corrected chi connectivity index (χ0v) is 17.4. The van der Waals surface area contributed by atoms with Crippen molar-refractivity contribution in [1.29, 1.82) is 0 Å². The van der Waals surface area contributed by atoms with E-state index in [-0.39, 0.29) is 12.1 Å². The van der Waals surface area contributed by atoms with Crippen LogP contribution in [-0.4, -0.2) is 23.1 Å². The smallest absolute Gasteiger partial charge is 0.333 e. The van der Waals surface area contributed by atoms with E-state index in [1.807, 2.05) is 0 Å². The number of carbonyl (C=O) groups excluding carboxylic acids is 1. The Morgan fingerprint density at radius 2 is 1.50 bits per heavy atom. The molecule has 0 heterocycles. The third-order valence-electron chi connectivity index (χ3n) is 5.59. The van der Waals surface area contributed by atoms with Crippen LogP contribution in [0.4, 0.5) is 0 Å². The minimum atomic E-state index is -0.782. The summed E-state index contributed by atoms with van der Waals surface area (Å²) in [6, 6.07) is 0. The fraction of sp³-hybridized carbons (Fsp3) is 0.583. The lowest BCUT2D eigenvalue weighted by molar-refractivity contribution is -0.145. The molecule has 0 spiro atoms. The molecule has 4 nitrogen and oxygen atoms in total. The largest absolute Gasteiger partial charge is 0.478 e. The molecule has 0 atom stereocenters. The summed E-state index contributed by atoms with van der Waals surface area (Å²) in [4.78, 5) is 22.2. The maximum Gasteiger partial charge on any atom is 0.333 e. The SMILES string of the molecule is C=C(C)C(=O)OC1CCCCC1.CC(C(=O)O)=C(C1=CCCC1)C1=CCCC1. The van der Waals surface area contributed by atoms with E-state index in [2.05, 4.69) is 18.7 Å². The number of hydrogen-bond acceptors (Lipinski definition) is 3. The van der Waals surface area contributed by atoms with Crippen LogP contribution in [0.2, 0.25) is 0 Å². The molecule has 0 amide bonds. The fourth-order valence-corrected chi connectivity index (χ4v) is 4.03. The van der Waals surface area contributed by atoms with Crippen molar-refractivity contribution in [2.24, 2.45) is 0 Å². The van der Waals surface area contributed by atoms with Gasteiger partial charge in [-0.05, 0) is 94.8 Å². The van der Waals surface area contributed by atoms with Gasteiger partial charge in [0, 0.05) is 11.1 Å². The number of esters is 1. The third-order valence-corrected chi connectivity index (χ3v) is 5.59. The molecule has 1 N–H and O–H groups in total. The highest BCUT2D eigenvalue weighted by Crippen LogP contribution is 2.36. The number of rotatable bonds is 5. The standard InChI is InChI=1S/C14H18O2.C10H16O2/c1-10(14(15)16)13(11-6-2-3-7-11)12-8-4-5-9-12;1-8(2)10(11)12-9-6-4-3-5-7-9/h6,8H,2-5,7,9H2,1H3,(H,15,16);9H,1,3-7H2,2H3. The van der Waals surface area contributed by atoms with Crippen molar-refractivity contribution >= 4 is 11.9 Å². The zero-order valence-electron chi connectivity index (χ0n) is 17.4. The number of hydrogen-bond donors (Lipinski definition) is 1. The van der Waals surface area contributed by atoms with E-state index < -0.39 is 5.97 Å². The van der Waals surface area contributed by atoms with Crippen molar-refractivity contribution in [1.82, 2.24) is 0 Å². The lowest BCUT2D eigenvalue weighted by atomic mass is 9.92. The van der Waals surface area contributed by atoms with E-state index in [4.69, 9.17) is 9.84 Å². The normalized spacial score (nSPS) is 19.1. The number of carbonyl (C=O) groups is 2. The molecular weight excluding hydrogens is 352 g/mol. The van der Waals surface area contributed by atoms with Gasteiger partial charge in [-0.3, -0.25) is 0 Å². The molecule has 0 aliphatic heterocycles. The minimum absolute atomic E-state index is 0.156. The van der Waals surface area contributed by atoms with Gasteiger partial charge in [0.15, 0.2) is 0 Å². The lowest BCUT2D eigenvalue weighted by Crippen LogP contribution is -2.20. The molecule has 0 radical (unpaired) electrons. The van der Waals surface area contributed by atoms with Crippen molar-refractivity contribution in [3.8, 4) is 0 Å². The molecule has 0 aromatic rings. The van der Waals surface area contributed by atoms with Crippen LogP contribution in [-0.2, 0) is 14.3 Å². The summed E-state index contributed by atoms with van der Waals surface area (Å²) in [6.07, 6.45) is 16.9. The van der Waals surface area contributed by atoms with Crippen molar-refractivity contribution in [2.45, 2.75) is 90.6 Å². The average molecular weight is 387 g/mol. The Balaban J connectivity index is 0.000000209. The molecule has 0 aromatic heterocycles. The monoisotopic (exact) mass is 386 g/mol. The molecule has 0 bridgehead atoms. The van der Waals surface area contributed by atoms with Gasteiger partial charge in [0.2, 0.25) is 0 Å². The first-order chi connectivity index (χ1) is 13.4. The second-order valence-electron chi connectivity index (χ2n) is 7.99. The second-order valence-corrected chi connectivity index (χ2v) is 7.99. The van der Waals surface area contributed by atoms with Gasteiger partial charge < -0.3 is 9.84 Å². The molecule has 154 valence electrons. The van der Waals surface area contributed by atoms with Crippen molar-refractivity contribution < 1.29 is 19.4 Å². The Kier molecular flexibility index (Phi) is 8.75. The Hall–Kier alpha value is -2.10. The molecule has 3 aliphatic rings. The summed E-state index contributed by atoms with van der Waals surface area (Å²) in [6.45, 7) is 6.96. The topological polar surface area (TPSA) is 63.6 Å². The van der Waals surface area contributed by atoms with Crippen LogP contribution in [0.25, 0.3) is 0 Å². The van der Waals surface area contributed by atoms with E-state index in [1.54, 1.807) is 13.8 Å². The van der Waals surface area contributed by atoms with Gasteiger partial charge >= 0.3 is 11.9 Å². The van der Waals surface area contributed by atoms with Gasteiger partial charge in [0.1, 0.15) is 6.10 Å². The van der Waals surface area contributed by atoms with Crippen LogP contribution < -0.4 is 0 Å². The van der Waals surface area contributed by atoms with Gasteiger partial charge in [-0.25, -0.2) is 9.59 Å². The first kappa shape index (κ1) is 22.2. The van der Waals surface area contributed by atoms with E-state index in [0.717, 1.165) is 44.1 Å². The molecule has 28 heavy (non-hydrogen) atoms. The molecule has 4 heteroatoms. The van der Waals surface area contributed by atoms with Crippen molar-refractivity contribution in [2.75, 3.05) is 0 Å². The van der Waals surface area contributed by atoms with E-state index in [1.165, 1.54) is 43.3 Å². The van der Waals surface area contributed by atoms with E-state index in [9.17, 15) is 9.59 Å². The summed E-state index contributed by atoms with van der Waals surface area (Å²) in [5.74, 6) is -1.02. The Morgan fingerprint density at radius 1 is 0.964 bits per heavy atom. The molecule has 1 fully saturated rings. The molecule has 3 rings (SSSR count). The highest BCUT2D eigenvalue weighted by Gasteiger charge is 2.21. The summed E-state index contributed by atoms with van der Waals surface area (Å²) in [5.41, 5.74) is 4.56. The first-order valence-corrected chi connectivity index (χ1v) is 10.6. The first-order valence-electron chi connectivity index (χ1n) is 10.6. The number of aliphatic carboxylic acids is 1. The summed E-state index contributed by atoms with van der Waals surface area (Å²) in [5, 5.41) is 9.16. The van der Waals surface area contributed by atoms with Gasteiger partial charge in [-0.15, -0.1) is 0 Å². The quantitative estimate of drug-likeness (QED) is 0.462. The molecule has 3 aliphatic carbocycles. The van der Waals surface area contributed by atoms with Crippen molar-refractivity contribution in [3.05, 3.63) is 46.6 Å². The van der Waals surface area contributed by atoms with Crippen LogP contribution in [0.15, 0.2) is 46.6 Å². The molecule has 0 saturated heterocycles. The van der Waals surface area contributed by atoms with Crippen molar-refractivity contribution in [3.63, 3.8) is 0 Å². The Labute approximate surface area is 169 Å². The summed E-state index contributed by atoms with van der Waals surface area (Å²) >= 11 is 0. The highest BCUT2D eigenvalue weighted by molar-refractivity contribution is 5.89. The Morgan fingerprint density at radius 3 is 1.89 bits per heavy atom. The number of ether oxygens (including phenoxy) is 1. The van der Waals surface area contributed by atoms with E-state index in [0.29, 0.717) is 11.1 Å². The summed E-state index contributed by atoms with van der Waals surface area (Å²) < 4.78 is 5.21. The molecule has 0 unspecified atom stereocenters. The van der Waals surface area contributed by atoms with Crippen LogP contribution in [0, 0.1) is 0 Å². The highest BCUT2D eigenvalue weighted by atomic mass is 16.5. The fourth-order valence-electron chi connectivity index (χ4n) is 4.03. The minimum Gasteiger partial charge on any atom is -0.478 e. The maximum atomic E-state index is 11.1. The average Bonchev–Trinajstić information content (AvgIpc) is 3.38. The van der Waals surface area contributed by atoms with Gasteiger partial charge in [0.05, 0.1) is 0 Å². The van der Waals surface area contributed by atoms with Gasteiger partial charge in [-0.1, -0.05) is 25.2 Å². The molecule has 0 aromatic carbocycles. The van der Waals surface area contributed by atoms with Crippen LogP contribution >= 0.6 is 0 Å². The lowest BCUT2D eigenvalue weighted by Gasteiger charge is -2.21. The zero-order chi connectivity index (χ0) is 20.5. The van der Waals surface area contributed by atoms with Crippen LogP contribution in [0.1, 0.15) is 84.5 Å². The predicted octanol–water partition coefficient (Wildman–Crippen LogP) is 6.05. The Bertz CT molecular complexity index is 661. The van der Waals surface area contributed by atoms with Gasteiger partial charge in [-0.2, -0.15) is 0 Å². The molecular formula is C24H34O4.